The zero-order valence-electron chi connectivity index (χ0n) is 10.6. The first-order valence-electron chi connectivity index (χ1n) is 5.83. The molecule has 2 rings (SSSR count). The van der Waals surface area contributed by atoms with Crippen molar-refractivity contribution in [3.63, 3.8) is 0 Å². The Morgan fingerprint density at radius 1 is 1.44 bits per heavy atom. The summed E-state index contributed by atoms with van der Waals surface area (Å²) in [5, 5.41) is 0.963. The van der Waals surface area contributed by atoms with Gasteiger partial charge < -0.3 is 10.5 Å². The molecule has 0 aliphatic heterocycles. The monoisotopic (exact) mass is 244 g/mol. The number of ether oxygens (including phenoxy) is 1. The number of amides is 1. The molecule has 2 aromatic rings. The van der Waals surface area contributed by atoms with Gasteiger partial charge in [0, 0.05) is 23.6 Å². The van der Waals surface area contributed by atoms with Gasteiger partial charge in [0.15, 0.2) is 0 Å². The summed E-state index contributed by atoms with van der Waals surface area (Å²) in [6, 6.07) is 7.78. The van der Waals surface area contributed by atoms with Crippen LogP contribution in [-0.2, 0) is 11.2 Å². The average Bonchev–Trinajstić information content (AvgIpc) is 2.35. The minimum atomic E-state index is -0.299. The number of benzene rings is 1. The SMILES string of the molecule is COc1cc(C)nc2c(CCC(N)=O)cccc12. The Balaban J connectivity index is 2.54. The van der Waals surface area contributed by atoms with Gasteiger partial charge >= 0.3 is 0 Å². The van der Waals surface area contributed by atoms with Crippen molar-refractivity contribution in [1.29, 1.82) is 0 Å². The third-order valence-corrected chi connectivity index (χ3v) is 2.87. The van der Waals surface area contributed by atoms with Gasteiger partial charge in [-0.05, 0) is 25.0 Å². The topological polar surface area (TPSA) is 65.2 Å². The van der Waals surface area contributed by atoms with Crippen molar-refractivity contribution < 1.29 is 9.53 Å². The molecule has 1 heterocycles. The molecule has 0 unspecified atom stereocenters. The van der Waals surface area contributed by atoms with Gasteiger partial charge in [-0.1, -0.05) is 12.1 Å². The van der Waals surface area contributed by atoms with Gasteiger partial charge in [0.2, 0.25) is 5.91 Å². The van der Waals surface area contributed by atoms with E-state index in [1.54, 1.807) is 7.11 Å². The molecule has 0 atom stereocenters. The van der Waals surface area contributed by atoms with E-state index in [2.05, 4.69) is 4.98 Å². The molecular weight excluding hydrogens is 228 g/mol. The van der Waals surface area contributed by atoms with Crippen molar-refractivity contribution in [3.8, 4) is 5.75 Å². The summed E-state index contributed by atoms with van der Waals surface area (Å²) in [5.41, 5.74) is 7.99. The minimum Gasteiger partial charge on any atom is -0.496 e. The number of rotatable bonds is 4. The molecule has 0 saturated heterocycles. The predicted octanol–water partition coefficient (Wildman–Crippen LogP) is 1.97. The van der Waals surface area contributed by atoms with E-state index in [1.807, 2.05) is 31.2 Å². The standard InChI is InChI=1S/C14H16N2O2/c1-9-8-12(18-2)11-5-3-4-10(14(11)16-9)6-7-13(15)17/h3-5,8H,6-7H2,1-2H3,(H2,15,17). The van der Waals surface area contributed by atoms with Crippen LogP contribution in [0.15, 0.2) is 24.3 Å². The summed E-state index contributed by atoms with van der Waals surface area (Å²) in [7, 11) is 1.64. The summed E-state index contributed by atoms with van der Waals surface area (Å²) in [5.74, 6) is 0.505. The number of aromatic nitrogens is 1. The number of aryl methyl sites for hydroxylation is 2. The number of carbonyl (C=O) groups is 1. The Bertz CT molecular complexity index is 594. The first-order chi connectivity index (χ1) is 8.61. The number of methoxy groups -OCH3 is 1. The Morgan fingerprint density at radius 2 is 2.22 bits per heavy atom. The Kier molecular flexibility index (Phi) is 3.46. The number of hydrogen-bond donors (Lipinski definition) is 1. The van der Waals surface area contributed by atoms with E-state index in [0.29, 0.717) is 12.8 Å². The predicted molar refractivity (Wildman–Crippen MR) is 70.5 cm³/mol. The van der Waals surface area contributed by atoms with Crippen molar-refractivity contribution in [3.05, 3.63) is 35.5 Å². The third kappa shape index (κ3) is 2.42. The zero-order chi connectivity index (χ0) is 13.1. The Labute approximate surface area is 106 Å². The van der Waals surface area contributed by atoms with Crippen LogP contribution in [0.4, 0.5) is 0 Å². The lowest BCUT2D eigenvalue weighted by Gasteiger charge is -2.09. The van der Waals surface area contributed by atoms with Crippen LogP contribution in [0.1, 0.15) is 17.7 Å². The van der Waals surface area contributed by atoms with E-state index in [0.717, 1.165) is 27.9 Å². The normalized spacial score (nSPS) is 10.6. The summed E-state index contributed by atoms with van der Waals surface area (Å²) in [4.78, 5) is 15.4. The van der Waals surface area contributed by atoms with Crippen LogP contribution in [0.3, 0.4) is 0 Å². The fraction of sp³-hybridized carbons (Fsp3) is 0.286. The van der Waals surface area contributed by atoms with E-state index < -0.39 is 0 Å². The van der Waals surface area contributed by atoms with E-state index in [9.17, 15) is 4.79 Å². The van der Waals surface area contributed by atoms with Crippen LogP contribution in [-0.4, -0.2) is 18.0 Å². The highest BCUT2D eigenvalue weighted by Gasteiger charge is 2.09. The molecule has 0 saturated carbocycles. The summed E-state index contributed by atoms with van der Waals surface area (Å²) >= 11 is 0. The molecule has 0 aliphatic carbocycles. The molecule has 1 aromatic heterocycles. The van der Waals surface area contributed by atoms with Crippen molar-refractivity contribution in [2.75, 3.05) is 7.11 Å². The van der Waals surface area contributed by atoms with Gasteiger partial charge in [-0.2, -0.15) is 0 Å². The van der Waals surface area contributed by atoms with Crippen molar-refractivity contribution in [2.45, 2.75) is 19.8 Å². The summed E-state index contributed by atoms with van der Waals surface area (Å²) in [6.45, 7) is 1.92. The molecule has 18 heavy (non-hydrogen) atoms. The number of para-hydroxylation sites is 1. The van der Waals surface area contributed by atoms with Gasteiger partial charge in [0.1, 0.15) is 5.75 Å². The number of carbonyl (C=O) groups excluding carboxylic acids is 1. The van der Waals surface area contributed by atoms with Gasteiger partial charge in [0.05, 0.1) is 12.6 Å². The van der Waals surface area contributed by atoms with Crippen molar-refractivity contribution in [2.24, 2.45) is 5.73 Å². The smallest absolute Gasteiger partial charge is 0.217 e. The second-order valence-electron chi connectivity index (χ2n) is 4.25. The number of fused-ring (bicyclic) bond motifs is 1. The largest absolute Gasteiger partial charge is 0.496 e. The van der Waals surface area contributed by atoms with Gasteiger partial charge in [0.25, 0.3) is 0 Å². The quantitative estimate of drug-likeness (QED) is 0.894. The van der Waals surface area contributed by atoms with Crippen molar-refractivity contribution in [1.82, 2.24) is 4.98 Å². The first kappa shape index (κ1) is 12.4. The lowest BCUT2D eigenvalue weighted by atomic mass is 10.0. The van der Waals surface area contributed by atoms with Crippen LogP contribution in [0.25, 0.3) is 10.9 Å². The highest BCUT2D eigenvalue weighted by atomic mass is 16.5. The van der Waals surface area contributed by atoms with E-state index >= 15 is 0 Å². The maximum absolute atomic E-state index is 10.9. The second kappa shape index (κ2) is 5.04. The Morgan fingerprint density at radius 3 is 2.89 bits per heavy atom. The molecule has 0 radical (unpaired) electrons. The fourth-order valence-corrected chi connectivity index (χ4v) is 2.03. The van der Waals surface area contributed by atoms with Crippen LogP contribution in [0, 0.1) is 6.92 Å². The molecule has 4 nitrogen and oxygen atoms in total. The number of hydrogen-bond acceptors (Lipinski definition) is 3. The molecule has 0 bridgehead atoms. The molecule has 0 aliphatic rings. The van der Waals surface area contributed by atoms with E-state index in [4.69, 9.17) is 10.5 Å². The maximum Gasteiger partial charge on any atom is 0.217 e. The third-order valence-electron chi connectivity index (χ3n) is 2.87. The molecule has 2 N–H and O–H groups in total. The van der Waals surface area contributed by atoms with Gasteiger partial charge in [-0.25, -0.2) is 0 Å². The highest BCUT2D eigenvalue weighted by Crippen LogP contribution is 2.27. The number of nitrogens with two attached hydrogens (primary N) is 1. The molecule has 1 aromatic carbocycles. The molecule has 1 amide bonds. The minimum absolute atomic E-state index is 0.299. The van der Waals surface area contributed by atoms with E-state index in [-0.39, 0.29) is 5.91 Å². The number of pyridine rings is 1. The number of primary amides is 1. The van der Waals surface area contributed by atoms with Crippen molar-refractivity contribution >= 4 is 16.8 Å². The van der Waals surface area contributed by atoms with Crippen LogP contribution < -0.4 is 10.5 Å². The molecule has 4 heteroatoms. The van der Waals surface area contributed by atoms with Gasteiger partial charge in [-0.15, -0.1) is 0 Å². The zero-order valence-corrected chi connectivity index (χ0v) is 10.6. The summed E-state index contributed by atoms with van der Waals surface area (Å²) < 4.78 is 5.36. The van der Waals surface area contributed by atoms with E-state index in [1.165, 1.54) is 0 Å². The fourth-order valence-electron chi connectivity index (χ4n) is 2.03. The molecular formula is C14H16N2O2. The first-order valence-corrected chi connectivity index (χ1v) is 5.83. The maximum atomic E-state index is 10.9. The van der Waals surface area contributed by atoms with Gasteiger partial charge in [-0.3, -0.25) is 9.78 Å². The number of nitrogens with zero attached hydrogens (tertiary/aromatic N) is 1. The molecule has 94 valence electrons. The van der Waals surface area contributed by atoms with Crippen LogP contribution in [0.2, 0.25) is 0 Å². The highest BCUT2D eigenvalue weighted by molar-refractivity contribution is 5.88. The van der Waals surface area contributed by atoms with Crippen LogP contribution >= 0.6 is 0 Å². The average molecular weight is 244 g/mol. The summed E-state index contributed by atoms with van der Waals surface area (Å²) in [6.07, 6.45) is 0.934. The lowest BCUT2D eigenvalue weighted by molar-refractivity contribution is -0.117. The Hall–Kier alpha value is -2.10. The second-order valence-corrected chi connectivity index (χ2v) is 4.25. The molecule has 0 fully saturated rings. The lowest BCUT2D eigenvalue weighted by Crippen LogP contribution is -2.11. The molecule has 0 spiro atoms. The van der Waals surface area contributed by atoms with Crippen LogP contribution in [0.5, 0.6) is 5.75 Å².